The molecule has 0 aromatic carbocycles. The predicted octanol–water partition coefficient (Wildman–Crippen LogP) is 0.466. The van der Waals surface area contributed by atoms with E-state index in [1.807, 2.05) is 0 Å². The fourth-order valence-corrected chi connectivity index (χ4v) is 2.64. The van der Waals surface area contributed by atoms with Crippen molar-refractivity contribution in [1.29, 1.82) is 0 Å². The average Bonchev–Trinajstić information content (AvgIpc) is 2.91. The van der Waals surface area contributed by atoms with Crippen molar-refractivity contribution in [3.8, 4) is 0 Å². The molecule has 2 heterocycles. The molecule has 20 heavy (non-hydrogen) atoms. The van der Waals surface area contributed by atoms with Gasteiger partial charge in [0.2, 0.25) is 0 Å². The molecule has 2 atom stereocenters. The molecule has 1 aliphatic rings. The third-order valence-electron chi connectivity index (χ3n) is 3.84. The van der Waals surface area contributed by atoms with Gasteiger partial charge in [-0.1, -0.05) is 12.8 Å². The lowest BCUT2D eigenvalue weighted by Gasteiger charge is -2.28. The summed E-state index contributed by atoms with van der Waals surface area (Å²) in [4.78, 5) is 20.4. The van der Waals surface area contributed by atoms with Crippen LogP contribution in [-0.4, -0.2) is 42.7 Å². The minimum Gasteiger partial charge on any atom is -0.391 e. The van der Waals surface area contributed by atoms with Gasteiger partial charge in [-0.05, 0) is 19.8 Å². The Kier molecular flexibility index (Phi) is 3.35. The van der Waals surface area contributed by atoms with E-state index in [1.54, 1.807) is 6.92 Å². The maximum Gasteiger partial charge on any atom is 0.255 e. The van der Waals surface area contributed by atoms with Crippen molar-refractivity contribution in [3.05, 3.63) is 23.8 Å². The van der Waals surface area contributed by atoms with Gasteiger partial charge in [0.1, 0.15) is 6.33 Å². The summed E-state index contributed by atoms with van der Waals surface area (Å²) in [6.07, 6.45) is 6.04. The van der Waals surface area contributed by atoms with Crippen LogP contribution in [0.3, 0.4) is 0 Å². The summed E-state index contributed by atoms with van der Waals surface area (Å²) in [5.74, 6) is 0.245. The molecular weight excluding hydrogens is 258 g/mol. The van der Waals surface area contributed by atoms with Crippen LogP contribution in [-0.2, 0) is 0 Å². The van der Waals surface area contributed by atoms with Gasteiger partial charge in [-0.15, -0.1) is 0 Å². The number of hydrogen-bond acceptors (Lipinski definition) is 5. The van der Waals surface area contributed by atoms with E-state index in [1.165, 1.54) is 17.0 Å². The Morgan fingerprint density at radius 1 is 1.40 bits per heavy atom. The molecule has 1 fully saturated rings. The van der Waals surface area contributed by atoms with E-state index in [0.717, 1.165) is 25.7 Å². The first-order valence-corrected chi connectivity index (χ1v) is 6.81. The second-order valence-electron chi connectivity index (χ2n) is 5.16. The zero-order valence-corrected chi connectivity index (χ0v) is 11.3. The van der Waals surface area contributed by atoms with Gasteiger partial charge in [-0.2, -0.15) is 10.1 Å². The second kappa shape index (κ2) is 5.16. The van der Waals surface area contributed by atoms with E-state index >= 15 is 0 Å². The number of amides is 1. The van der Waals surface area contributed by atoms with Gasteiger partial charge >= 0.3 is 0 Å². The van der Waals surface area contributed by atoms with Crippen molar-refractivity contribution in [2.75, 3.05) is 0 Å². The SMILES string of the molecule is Cc1c(C(=O)N[C@H]2CCCC[C@@H]2O)cnc2ncnn12. The molecule has 0 radical (unpaired) electrons. The van der Waals surface area contributed by atoms with Crippen LogP contribution in [0.4, 0.5) is 0 Å². The topological polar surface area (TPSA) is 92.4 Å². The van der Waals surface area contributed by atoms with E-state index in [0.29, 0.717) is 17.0 Å². The Hall–Kier alpha value is -2.02. The molecule has 0 unspecified atom stereocenters. The first-order chi connectivity index (χ1) is 9.66. The third-order valence-corrected chi connectivity index (χ3v) is 3.84. The van der Waals surface area contributed by atoms with E-state index in [-0.39, 0.29) is 11.9 Å². The summed E-state index contributed by atoms with van der Waals surface area (Å²) in [6.45, 7) is 1.80. The van der Waals surface area contributed by atoms with Gasteiger partial charge in [0.15, 0.2) is 0 Å². The van der Waals surface area contributed by atoms with Crippen LogP contribution >= 0.6 is 0 Å². The van der Waals surface area contributed by atoms with E-state index < -0.39 is 6.10 Å². The van der Waals surface area contributed by atoms with Crippen LogP contribution in [0.1, 0.15) is 41.7 Å². The molecule has 0 saturated heterocycles. The van der Waals surface area contributed by atoms with Crippen molar-refractivity contribution in [2.24, 2.45) is 0 Å². The third kappa shape index (κ3) is 2.24. The molecule has 106 valence electrons. The highest BCUT2D eigenvalue weighted by atomic mass is 16.3. The highest BCUT2D eigenvalue weighted by Gasteiger charge is 2.25. The van der Waals surface area contributed by atoms with Gasteiger partial charge in [-0.3, -0.25) is 4.79 Å². The summed E-state index contributed by atoms with van der Waals surface area (Å²) in [5, 5.41) is 16.8. The fraction of sp³-hybridized carbons (Fsp3) is 0.538. The summed E-state index contributed by atoms with van der Waals surface area (Å²) >= 11 is 0. The number of carbonyl (C=O) groups excluding carboxylic acids is 1. The predicted molar refractivity (Wildman–Crippen MR) is 71.2 cm³/mol. The van der Waals surface area contributed by atoms with Crippen LogP contribution in [0, 0.1) is 6.92 Å². The van der Waals surface area contributed by atoms with Gasteiger partial charge in [0.05, 0.1) is 23.4 Å². The number of rotatable bonds is 2. The maximum atomic E-state index is 12.3. The number of aliphatic hydroxyl groups is 1. The van der Waals surface area contributed by atoms with Crippen LogP contribution in [0.5, 0.6) is 0 Å². The summed E-state index contributed by atoms with van der Waals surface area (Å²) in [7, 11) is 0. The highest BCUT2D eigenvalue weighted by Crippen LogP contribution is 2.19. The molecular formula is C13H17N5O2. The quantitative estimate of drug-likeness (QED) is 0.831. The summed E-state index contributed by atoms with van der Waals surface area (Å²) in [6, 6.07) is -0.179. The van der Waals surface area contributed by atoms with Crippen LogP contribution in [0.2, 0.25) is 0 Å². The number of carbonyl (C=O) groups is 1. The molecule has 1 saturated carbocycles. The highest BCUT2D eigenvalue weighted by molar-refractivity contribution is 5.95. The van der Waals surface area contributed by atoms with E-state index in [4.69, 9.17) is 0 Å². The normalized spacial score (nSPS) is 22.9. The lowest BCUT2D eigenvalue weighted by atomic mass is 9.92. The molecule has 7 heteroatoms. The van der Waals surface area contributed by atoms with Crippen molar-refractivity contribution >= 4 is 11.7 Å². The first-order valence-electron chi connectivity index (χ1n) is 6.81. The lowest BCUT2D eigenvalue weighted by Crippen LogP contribution is -2.45. The van der Waals surface area contributed by atoms with Crippen molar-refractivity contribution in [1.82, 2.24) is 24.9 Å². The minimum atomic E-state index is -0.462. The zero-order valence-electron chi connectivity index (χ0n) is 11.3. The number of nitrogens with one attached hydrogen (secondary N) is 1. The number of hydrogen-bond donors (Lipinski definition) is 2. The Labute approximate surface area is 116 Å². The molecule has 0 bridgehead atoms. The molecule has 1 amide bonds. The first kappa shape index (κ1) is 13.0. The van der Waals surface area contributed by atoms with Crippen molar-refractivity contribution in [2.45, 2.75) is 44.8 Å². The van der Waals surface area contributed by atoms with Crippen molar-refractivity contribution < 1.29 is 9.90 Å². The molecule has 0 aliphatic heterocycles. The Morgan fingerprint density at radius 3 is 3.00 bits per heavy atom. The molecule has 7 nitrogen and oxygen atoms in total. The van der Waals surface area contributed by atoms with Crippen LogP contribution in [0.15, 0.2) is 12.5 Å². The average molecular weight is 275 g/mol. The Morgan fingerprint density at radius 2 is 2.20 bits per heavy atom. The van der Waals surface area contributed by atoms with Crippen LogP contribution < -0.4 is 5.32 Å². The smallest absolute Gasteiger partial charge is 0.255 e. The Bertz CT molecular complexity index is 639. The maximum absolute atomic E-state index is 12.3. The van der Waals surface area contributed by atoms with E-state index in [9.17, 15) is 9.90 Å². The molecule has 2 aromatic rings. The molecule has 0 spiro atoms. The number of fused-ring (bicyclic) bond motifs is 1. The molecule has 2 aromatic heterocycles. The van der Waals surface area contributed by atoms with Gasteiger partial charge in [0, 0.05) is 6.20 Å². The number of nitrogens with zero attached hydrogens (tertiary/aromatic N) is 4. The lowest BCUT2D eigenvalue weighted by molar-refractivity contribution is 0.0716. The molecule has 3 rings (SSSR count). The molecule has 1 aliphatic carbocycles. The number of aryl methyl sites for hydroxylation is 1. The van der Waals surface area contributed by atoms with Crippen molar-refractivity contribution in [3.63, 3.8) is 0 Å². The summed E-state index contributed by atoms with van der Waals surface area (Å²) < 4.78 is 1.53. The minimum absolute atomic E-state index is 0.179. The number of aromatic nitrogens is 4. The molecule has 2 N–H and O–H groups in total. The van der Waals surface area contributed by atoms with Crippen LogP contribution in [0.25, 0.3) is 5.78 Å². The van der Waals surface area contributed by atoms with E-state index in [2.05, 4.69) is 20.4 Å². The largest absolute Gasteiger partial charge is 0.391 e. The summed E-state index contributed by atoms with van der Waals surface area (Å²) in [5.41, 5.74) is 1.15. The van der Waals surface area contributed by atoms with Gasteiger partial charge in [-0.25, -0.2) is 9.50 Å². The fourth-order valence-electron chi connectivity index (χ4n) is 2.64. The zero-order chi connectivity index (χ0) is 14.1. The standard InChI is InChI=1S/C13H17N5O2/c1-8-9(6-14-13-15-7-16-18(8)13)12(20)17-10-4-2-3-5-11(10)19/h6-7,10-11,19H,2-5H2,1H3,(H,17,20)/t10-,11-/m0/s1. The Balaban J connectivity index is 1.83. The van der Waals surface area contributed by atoms with Gasteiger partial charge < -0.3 is 10.4 Å². The monoisotopic (exact) mass is 275 g/mol. The van der Waals surface area contributed by atoms with Gasteiger partial charge in [0.25, 0.3) is 11.7 Å². The second-order valence-corrected chi connectivity index (χ2v) is 5.16. The number of aliphatic hydroxyl groups excluding tert-OH is 1.